The van der Waals surface area contributed by atoms with Gasteiger partial charge in [0.05, 0.1) is 18.3 Å². The molecule has 6 aromatic rings. The fourth-order valence-corrected chi connectivity index (χ4v) is 4.64. The minimum Gasteiger partial charge on any atom is -0.338 e. The highest BCUT2D eigenvalue weighted by atomic mass is 15.1. The predicted molar refractivity (Wildman–Crippen MR) is 127 cm³/mol. The second-order valence-corrected chi connectivity index (χ2v) is 8.15. The SMILES string of the molecule is Cc1ccc2ccccc2c1-c1c2ccccc2cc2[c-][n+](Cc3ccccc3)cn12. The molecule has 0 bridgehead atoms. The Kier molecular flexibility index (Phi) is 4.10. The second-order valence-electron chi connectivity index (χ2n) is 8.15. The Hall–Kier alpha value is -3.91. The van der Waals surface area contributed by atoms with E-state index in [0.29, 0.717) is 0 Å². The molecule has 0 aliphatic rings. The number of pyridine rings is 1. The molecule has 0 saturated heterocycles. The largest absolute Gasteiger partial charge is 0.338 e. The van der Waals surface area contributed by atoms with Crippen molar-refractivity contribution >= 4 is 27.1 Å². The van der Waals surface area contributed by atoms with Crippen molar-refractivity contribution in [2.75, 3.05) is 0 Å². The number of rotatable bonds is 3. The third-order valence-corrected chi connectivity index (χ3v) is 6.09. The summed E-state index contributed by atoms with van der Waals surface area (Å²) in [5.74, 6) is 0. The first-order valence-electron chi connectivity index (χ1n) is 10.7. The second kappa shape index (κ2) is 7.10. The van der Waals surface area contributed by atoms with Crippen LogP contribution in [0.1, 0.15) is 11.1 Å². The van der Waals surface area contributed by atoms with Gasteiger partial charge in [-0.25, -0.2) is 0 Å². The van der Waals surface area contributed by atoms with Crippen LogP contribution in [0.15, 0.2) is 103 Å². The lowest BCUT2D eigenvalue weighted by Gasteiger charge is -2.14. The summed E-state index contributed by atoms with van der Waals surface area (Å²) in [6.07, 6.45) is 5.78. The first-order chi connectivity index (χ1) is 15.3. The molecule has 0 fully saturated rings. The maximum Gasteiger partial charge on any atom is 0.153 e. The Morgan fingerprint density at radius 2 is 1.45 bits per heavy atom. The summed E-state index contributed by atoms with van der Waals surface area (Å²) in [7, 11) is 0. The van der Waals surface area contributed by atoms with Gasteiger partial charge in [-0.3, -0.25) is 4.40 Å². The fourth-order valence-electron chi connectivity index (χ4n) is 4.64. The number of benzene rings is 4. The number of hydrogen-bond donors (Lipinski definition) is 0. The van der Waals surface area contributed by atoms with Crippen molar-refractivity contribution in [1.29, 1.82) is 0 Å². The maximum absolute atomic E-state index is 3.59. The molecule has 0 saturated carbocycles. The Bertz CT molecular complexity index is 1560. The molecule has 0 aliphatic carbocycles. The third-order valence-electron chi connectivity index (χ3n) is 6.09. The standard InChI is InChI=1S/C29H22N2/c1-21-15-16-23-11-5-7-13-26(23)28(21)29-27-14-8-6-12-24(27)17-25-19-30(20-31(25)29)18-22-9-3-2-4-10-22/h2-17,20H,18H2,1H3. The van der Waals surface area contributed by atoms with Crippen LogP contribution in [0.25, 0.3) is 38.3 Å². The highest BCUT2D eigenvalue weighted by Gasteiger charge is 2.17. The Balaban J connectivity index is 1.69. The van der Waals surface area contributed by atoms with Crippen molar-refractivity contribution in [3.05, 3.63) is 121 Å². The highest BCUT2D eigenvalue weighted by molar-refractivity contribution is 6.06. The van der Waals surface area contributed by atoms with Crippen molar-refractivity contribution in [3.8, 4) is 11.3 Å². The van der Waals surface area contributed by atoms with Crippen molar-refractivity contribution in [3.63, 3.8) is 0 Å². The molecular formula is C29H22N2. The van der Waals surface area contributed by atoms with Crippen LogP contribution in [-0.4, -0.2) is 4.40 Å². The van der Waals surface area contributed by atoms with Crippen molar-refractivity contribution < 1.29 is 4.57 Å². The summed E-state index contributed by atoms with van der Waals surface area (Å²) in [5, 5.41) is 5.03. The van der Waals surface area contributed by atoms with Crippen molar-refractivity contribution in [1.82, 2.24) is 4.40 Å². The minimum absolute atomic E-state index is 0.798. The van der Waals surface area contributed by atoms with Crippen LogP contribution < -0.4 is 4.57 Å². The molecule has 0 atom stereocenters. The predicted octanol–water partition coefficient (Wildman–Crippen LogP) is 6.36. The molecule has 0 amide bonds. The number of hydrogen-bond acceptors (Lipinski definition) is 0. The van der Waals surface area contributed by atoms with Gasteiger partial charge in [0.1, 0.15) is 5.69 Å². The molecule has 0 unspecified atom stereocenters. The molecule has 0 aliphatic heterocycles. The van der Waals surface area contributed by atoms with Gasteiger partial charge in [-0.15, -0.1) is 6.07 Å². The summed E-state index contributed by atoms with van der Waals surface area (Å²) >= 11 is 0. The number of fused-ring (bicyclic) bond motifs is 3. The van der Waals surface area contributed by atoms with Gasteiger partial charge in [0.2, 0.25) is 0 Å². The number of aryl methyl sites for hydroxylation is 1. The first-order valence-corrected chi connectivity index (χ1v) is 10.7. The average Bonchev–Trinajstić information content (AvgIpc) is 3.20. The van der Waals surface area contributed by atoms with Crippen LogP contribution in [-0.2, 0) is 6.54 Å². The first kappa shape index (κ1) is 17.9. The zero-order valence-corrected chi connectivity index (χ0v) is 17.4. The molecule has 0 radical (unpaired) electrons. The summed E-state index contributed by atoms with van der Waals surface area (Å²) < 4.78 is 4.47. The van der Waals surface area contributed by atoms with E-state index >= 15 is 0 Å². The zero-order chi connectivity index (χ0) is 20.8. The zero-order valence-electron chi connectivity index (χ0n) is 17.4. The molecular weight excluding hydrogens is 376 g/mol. The lowest BCUT2D eigenvalue weighted by atomic mass is 9.94. The van der Waals surface area contributed by atoms with E-state index in [9.17, 15) is 0 Å². The van der Waals surface area contributed by atoms with Crippen LogP contribution in [0, 0.1) is 13.1 Å². The van der Waals surface area contributed by atoms with Crippen molar-refractivity contribution in [2.45, 2.75) is 13.5 Å². The van der Waals surface area contributed by atoms with Crippen LogP contribution in [0.3, 0.4) is 0 Å². The van der Waals surface area contributed by atoms with Crippen LogP contribution in [0.5, 0.6) is 0 Å². The van der Waals surface area contributed by atoms with Gasteiger partial charge < -0.3 is 4.57 Å². The lowest BCUT2D eigenvalue weighted by molar-refractivity contribution is -0.690. The number of imidazole rings is 1. The van der Waals surface area contributed by atoms with E-state index in [-0.39, 0.29) is 0 Å². The van der Waals surface area contributed by atoms with E-state index in [1.165, 1.54) is 43.9 Å². The van der Waals surface area contributed by atoms with Gasteiger partial charge in [0.15, 0.2) is 6.33 Å². The van der Waals surface area contributed by atoms with Gasteiger partial charge in [-0.05, 0) is 28.8 Å². The molecule has 0 N–H and O–H groups in total. The number of nitrogens with zero attached hydrogens (tertiary/aromatic N) is 2. The molecule has 4 aromatic carbocycles. The van der Waals surface area contributed by atoms with Gasteiger partial charge in [-0.2, -0.15) is 0 Å². The van der Waals surface area contributed by atoms with Gasteiger partial charge in [-0.1, -0.05) is 96.4 Å². The quantitative estimate of drug-likeness (QED) is 0.242. The number of aromatic nitrogens is 2. The molecule has 2 aromatic heterocycles. The monoisotopic (exact) mass is 398 g/mol. The summed E-state index contributed by atoms with van der Waals surface area (Å²) in [4.78, 5) is 0. The van der Waals surface area contributed by atoms with Gasteiger partial charge >= 0.3 is 0 Å². The minimum atomic E-state index is 0.798. The smallest absolute Gasteiger partial charge is 0.153 e. The van der Waals surface area contributed by atoms with Crippen molar-refractivity contribution in [2.24, 2.45) is 0 Å². The Morgan fingerprint density at radius 3 is 2.29 bits per heavy atom. The van der Waals surface area contributed by atoms with E-state index in [1.807, 2.05) is 0 Å². The van der Waals surface area contributed by atoms with Crippen LogP contribution in [0.4, 0.5) is 0 Å². The van der Waals surface area contributed by atoms with E-state index in [1.54, 1.807) is 0 Å². The normalized spacial score (nSPS) is 11.5. The van der Waals surface area contributed by atoms with E-state index in [0.717, 1.165) is 12.1 Å². The van der Waals surface area contributed by atoms with E-state index < -0.39 is 0 Å². The third kappa shape index (κ3) is 3.00. The van der Waals surface area contributed by atoms with E-state index in [2.05, 4.69) is 125 Å². The molecule has 31 heavy (non-hydrogen) atoms. The average molecular weight is 399 g/mol. The Morgan fingerprint density at radius 1 is 0.742 bits per heavy atom. The van der Waals surface area contributed by atoms with E-state index in [4.69, 9.17) is 0 Å². The summed E-state index contributed by atoms with van der Waals surface area (Å²) in [5.41, 5.74) is 6.14. The van der Waals surface area contributed by atoms with Gasteiger partial charge in [0.25, 0.3) is 0 Å². The molecule has 6 rings (SSSR count). The molecule has 2 nitrogen and oxygen atoms in total. The summed E-state index contributed by atoms with van der Waals surface area (Å²) in [6, 6.07) is 34.6. The van der Waals surface area contributed by atoms with Crippen LogP contribution >= 0.6 is 0 Å². The summed E-state index contributed by atoms with van der Waals surface area (Å²) in [6.45, 7) is 3.01. The molecule has 2 heteroatoms. The highest BCUT2D eigenvalue weighted by Crippen LogP contribution is 2.37. The molecule has 2 heterocycles. The van der Waals surface area contributed by atoms with Crippen LogP contribution in [0.2, 0.25) is 0 Å². The lowest BCUT2D eigenvalue weighted by Crippen LogP contribution is -2.31. The maximum atomic E-state index is 3.59. The molecule has 0 spiro atoms. The Labute approximate surface area is 181 Å². The topological polar surface area (TPSA) is 8.29 Å². The fraction of sp³-hybridized carbons (Fsp3) is 0.0690. The molecule has 148 valence electrons. The van der Waals surface area contributed by atoms with Gasteiger partial charge in [0, 0.05) is 10.9 Å².